The first-order valence-electron chi connectivity index (χ1n) is 7.08. The van der Waals surface area contributed by atoms with Gasteiger partial charge in [0.1, 0.15) is 5.69 Å². The third-order valence-electron chi connectivity index (χ3n) is 2.76. The molecule has 0 fully saturated rings. The lowest BCUT2D eigenvalue weighted by Crippen LogP contribution is -1.98. The number of hydrogen-bond acceptors (Lipinski definition) is 6. The third-order valence-corrected chi connectivity index (χ3v) is 2.76. The van der Waals surface area contributed by atoms with Crippen LogP contribution in [0.4, 0.5) is 17.1 Å². The van der Waals surface area contributed by atoms with Gasteiger partial charge in [0.15, 0.2) is 0 Å². The second-order valence-corrected chi connectivity index (χ2v) is 4.53. The fourth-order valence-electron chi connectivity index (χ4n) is 1.63. The van der Waals surface area contributed by atoms with Gasteiger partial charge in [-0.1, -0.05) is 31.6 Å². The maximum absolute atomic E-state index is 10.9. The molecule has 0 unspecified atom stereocenters. The number of nitrogens with zero attached hydrogens (tertiary/aromatic N) is 3. The van der Waals surface area contributed by atoms with Gasteiger partial charge in [-0.25, -0.2) is 0 Å². The smallest absolute Gasteiger partial charge is 0.272 e. The Labute approximate surface area is 133 Å². The second-order valence-electron chi connectivity index (χ2n) is 4.53. The molecule has 0 atom stereocenters. The van der Waals surface area contributed by atoms with Crippen molar-refractivity contribution in [3.05, 3.63) is 62.7 Å². The van der Waals surface area contributed by atoms with E-state index in [1.165, 1.54) is 18.3 Å². The topological polar surface area (TPSA) is 111 Å². The number of anilines is 1. The van der Waals surface area contributed by atoms with E-state index in [4.69, 9.17) is 0 Å². The summed E-state index contributed by atoms with van der Waals surface area (Å²) in [6.07, 6.45) is 12.1. The van der Waals surface area contributed by atoms with Gasteiger partial charge in [0, 0.05) is 12.3 Å². The molecule has 0 aliphatic carbocycles. The maximum atomic E-state index is 10.9. The largest absolute Gasteiger partial charge is 0.301 e. The van der Waals surface area contributed by atoms with E-state index in [1.807, 2.05) is 12.2 Å². The highest BCUT2D eigenvalue weighted by Crippen LogP contribution is 2.28. The lowest BCUT2D eigenvalue weighted by atomic mass is 10.2. The van der Waals surface area contributed by atoms with E-state index < -0.39 is 15.5 Å². The Hall–Kier alpha value is -3.03. The van der Waals surface area contributed by atoms with Gasteiger partial charge in [-0.15, -0.1) is 0 Å². The van der Waals surface area contributed by atoms with E-state index in [-0.39, 0.29) is 11.4 Å². The lowest BCUT2D eigenvalue weighted by molar-refractivity contribution is -0.393. The van der Waals surface area contributed by atoms with Crippen molar-refractivity contribution in [1.29, 1.82) is 0 Å². The average Bonchev–Trinajstić information content (AvgIpc) is 2.53. The van der Waals surface area contributed by atoms with Crippen molar-refractivity contribution in [2.45, 2.75) is 26.2 Å². The predicted molar refractivity (Wildman–Crippen MR) is 89.7 cm³/mol. The normalized spacial score (nSPS) is 11.5. The highest BCUT2D eigenvalue weighted by molar-refractivity contribution is 5.73. The number of benzene rings is 1. The van der Waals surface area contributed by atoms with E-state index in [0.717, 1.165) is 25.3 Å². The van der Waals surface area contributed by atoms with Crippen LogP contribution in [0.2, 0.25) is 0 Å². The molecule has 1 N–H and O–H groups in total. The minimum absolute atomic E-state index is 0.0908. The summed E-state index contributed by atoms with van der Waals surface area (Å²) in [6.45, 7) is 2.11. The van der Waals surface area contributed by atoms with Crippen LogP contribution < -0.4 is 5.43 Å². The molecule has 0 aliphatic heterocycles. The summed E-state index contributed by atoms with van der Waals surface area (Å²) in [5.41, 5.74) is 1.86. The molecule has 1 aromatic rings. The zero-order chi connectivity index (χ0) is 17.1. The molecule has 0 saturated heterocycles. The van der Waals surface area contributed by atoms with Gasteiger partial charge in [-0.2, -0.15) is 5.10 Å². The summed E-state index contributed by atoms with van der Waals surface area (Å²) in [5, 5.41) is 25.4. The van der Waals surface area contributed by atoms with Gasteiger partial charge in [0.25, 0.3) is 5.69 Å². The molecule has 1 aromatic carbocycles. The van der Waals surface area contributed by atoms with Gasteiger partial charge >= 0.3 is 5.69 Å². The van der Waals surface area contributed by atoms with Crippen LogP contribution in [-0.4, -0.2) is 16.1 Å². The van der Waals surface area contributed by atoms with Crippen LogP contribution in [0.3, 0.4) is 0 Å². The van der Waals surface area contributed by atoms with Gasteiger partial charge in [-0.3, -0.25) is 25.7 Å². The SMILES string of the molecule is CCC/C=C/C/C=C/C=N/Nc1ccc([N+](=O)[O-])cc1[N+](=O)[O-]. The van der Waals surface area contributed by atoms with Crippen molar-refractivity contribution < 1.29 is 9.85 Å². The van der Waals surface area contributed by atoms with Crippen molar-refractivity contribution in [3.63, 3.8) is 0 Å². The van der Waals surface area contributed by atoms with Gasteiger partial charge in [0.2, 0.25) is 0 Å². The van der Waals surface area contributed by atoms with Gasteiger partial charge in [0.05, 0.1) is 15.9 Å². The van der Waals surface area contributed by atoms with Crippen LogP contribution in [0, 0.1) is 20.2 Å². The molecule has 8 nitrogen and oxygen atoms in total. The van der Waals surface area contributed by atoms with Gasteiger partial charge < -0.3 is 0 Å². The minimum Gasteiger partial charge on any atom is -0.272 e. The van der Waals surface area contributed by atoms with Crippen LogP contribution in [0.15, 0.2) is 47.6 Å². The van der Waals surface area contributed by atoms with Crippen molar-refractivity contribution in [1.82, 2.24) is 0 Å². The fourth-order valence-corrected chi connectivity index (χ4v) is 1.63. The molecule has 0 amide bonds. The van der Waals surface area contributed by atoms with Crippen LogP contribution in [-0.2, 0) is 0 Å². The highest BCUT2D eigenvalue weighted by Gasteiger charge is 2.18. The zero-order valence-corrected chi connectivity index (χ0v) is 12.7. The highest BCUT2D eigenvalue weighted by atomic mass is 16.6. The quantitative estimate of drug-likeness (QED) is 0.317. The summed E-state index contributed by atoms with van der Waals surface area (Å²) in [7, 11) is 0. The zero-order valence-electron chi connectivity index (χ0n) is 12.7. The van der Waals surface area contributed by atoms with Crippen LogP contribution in [0.25, 0.3) is 0 Å². The molecular weight excluding hydrogens is 300 g/mol. The molecule has 0 saturated carbocycles. The fraction of sp³-hybridized carbons (Fsp3) is 0.267. The first-order valence-corrected chi connectivity index (χ1v) is 7.08. The Morgan fingerprint density at radius 2 is 1.96 bits per heavy atom. The predicted octanol–water partition coefficient (Wildman–Crippen LogP) is 4.20. The number of nitro benzene ring substituents is 2. The Balaban J connectivity index is 2.63. The summed E-state index contributed by atoms with van der Waals surface area (Å²) in [6, 6.07) is 3.33. The standard InChI is InChI=1S/C15H18N4O4/c1-2-3-4-5-6-7-8-11-16-17-14-10-9-13(18(20)21)12-15(14)19(22)23/h4-5,7-12,17H,2-3,6H2,1H3/b5-4+,8-7+,16-11+. The monoisotopic (exact) mass is 318 g/mol. The molecule has 0 radical (unpaired) electrons. The molecule has 1 rings (SSSR count). The molecule has 8 heteroatoms. The van der Waals surface area contributed by atoms with Crippen LogP contribution in [0.5, 0.6) is 0 Å². The van der Waals surface area contributed by atoms with Crippen molar-refractivity contribution in [2.24, 2.45) is 5.10 Å². The number of unbranched alkanes of at least 4 members (excludes halogenated alkanes) is 1. The van der Waals surface area contributed by atoms with E-state index in [0.29, 0.717) is 0 Å². The van der Waals surface area contributed by atoms with Crippen molar-refractivity contribution in [3.8, 4) is 0 Å². The summed E-state index contributed by atoms with van der Waals surface area (Å²) >= 11 is 0. The van der Waals surface area contributed by atoms with E-state index in [1.54, 1.807) is 6.08 Å². The van der Waals surface area contributed by atoms with E-state index in [9.17, 15) is 20.2 Å². The van der Waals surface area contributed by atoms with Crippen LogP contribution >= 0.6 is 0 Å². The summed E-state index contributed by atoms with van der Waals surface area (Å²) < 4.78 is 0. The number of hydrogen-bond donors (Lipinski definition) is 1. The number of non-ortho nitro benzene ring substituents is 1. The minimum atomic E-state index is -0.695. The lowest BCUT2D eigenvalue weighted by Gasteiger charge is -2.01. The van der Waals surface area contributed by atoms with Gasteiger partial charge in [-0.05, 0) is 25.0 Å². The number of nitrogens with one attached hydrogen (secondary N) is 1. The van der Waals surface area contributed by atoms with Crippen LogP contribution in [0.1, 0.15) is 26.2 Å². The number of nitro groups is 2. The van der Waals surface area contributed by atoms with Crippen molar-refractivity contribution >= 4 is 23.3 Å². The first-order chi connectivity index (χ1) is 11.1. The average molecular weight is 318 g/mol. The van der Waals surface area contributed by atoms with Crippen molar-refractivity contribution in [2.75, 3.05) is 5.43 Å². The number of allylic oxidation sites excluding steroid dienone is 4. The third kappa shape index (κ3) is 6.51. The molecule has 0 aliphatic rings. The summed E-state index contributed by atoms with van der Waals surface area (Å²) in [4.78, 5) is 20.2. The molecule has 122 valence electrons. The molecule has 23 heavy (non-hydrogen) atoms. The molecule has 0 heterocycles. The number of rotatable bonds is 9. The van der Waals surface area contributed by atoms with E-state index >= 15 is 0 Å². The Bertz CT molecular complexity index is 638. The Kier molecular flexibility index (Phi) is 7.70. The number of hydrazone groups is 1. The second kappa shape index (κ2) is 9.82. The molecular formula is C15H18N4O4. The molecule has 0 spiro atoms. The molecule has 0 bridgehead atoms. The Morgan fingerprint density at radius 3 is 2.61 bits per heavy atom. The Morgan fingerprint density at radius 1 is 1.17 bits per heavy atom. The molecule has 0 aromatic heterocycles. The first kappa shape index (κ1) is 18.0. The summed E-state index contributed by atoms with van der Waals surface area (Å²) in [5.74, 6) is 0. The maximum Gasteiger partial charge on any atom is 0.301 e. The van der Waals surface area contributed by atoms with E-state index in [2.05, 4.69) is 23.5 Å².